The van der Waals surface area contributed by atoms with Crippen molar-refractivity contribution in [2.45, 2.75) is 33.4 Å². The molecule has 0 heterocycles. The molecular formula is C24H27BrFNO5. The van der Waals surface area contributed by atoms with Crippen LogP contribution in [-0.4, -0.2) is 42.3 Å². The van der Waals surface area contributed by atoms with Gasteiger partial charge in [-0.3, -0.25) is 14.6 Å². The Morgan fingerprint density at radius 3 is 2.47 bits per heavy atom. The van der Waals surface area contributed by atoms with E-state index in [4.69, 9.17) is 9.47 Å². The van der Waals surface area contributed by atoms with Gasteiger partial charge in [-0.1, -0.05) is 41.9 Å². The van der Waals surface area contributed by atoms with Gasteiger partial charge in [-0.25, -0.2) is 4.39 Å². The predicted octanol–water partition coefficient (Wildman–Crippen LogP) is 4.62. The molecule has 0 aliphatic carbocycles. The molecule has 2 aromatic carbocycles. The average molecular weight is 508 g/mol. The number of ether oxygens (including phenoxy) is 2. The van der Waals surface area contributed by atoms with Gasteiger partial charge in [-0.05, 0) is 48.7 Å². The van der Waals surface area contributed by atoms with Crippen molar-refractivity contribution in [3.63, 3.8) is 0 Å². The molecule has 2 atom stereocenters. The van der Waals surface area contributed by atoms with Gasteiger partial charge in [0.1, 0.15) is 18.2 Å². The van der Waals surface area contributed by atoms with Crippen LogP contribution in [-0.2, 0) is 16.1 Å². The van der Waals surface area contributed by atoms with Crippen LogP contribution in [0.1, 0.15) is 36.7 Å². The van der Waals surface area contributed by atoms with E-state index >= 15 is 0 Å². The molecule has 1 N–H and O–H groups in total. The Kier molecular flexibility index (Phi) is 9.99. The standard InChI is InChI=1S/C24H27BrFNO5/c1-4-31-24(30)20(12-27-22(13-28)15(2)3)23(29)19-11-18(9-10-21(19)25)32-14-16-5-7-17(26)8-6-16/h5-12,15,20,22,28H,4,13-14H2,1-3H3/t20?,22-/m1/s1. The number of hydrogen-bond acceptors (Lipinski definition) is 6. The second-order valence-electron chi connectivity index (χ2n) is 7.44. The van der Waals surface area contributed by atoms with Gasteiger partial charge < -0.3 is 14.6 Å². The van der Waals surface area contributed by atoms with E-state index in [1.807, 2.05) is 13.8 Å². The molecule has 0 aliphatic rings. The molecule has 1 unspecified atom stereocenters. The van der Waals surface area contributed by atoms with Gasteiger partial charge in [0.2, 0.25) is 0 Å². The number of carbonyl (C=O) groups excluding carboxylic acids is 2. The van der Waals surface area contributed by atoms with Crippen LogP contribution in [0.4, 0.5) is 4.39 Å². The van der Waals surface area contributed by atoms with Crippen LogP contribution in [0.5, 0.6) is 5.75 Å². The zero-order valence-electron chi connectivity index (χ0n) is 18.3. The largest absolute Gasteiger partial charge is 0.489 e. The van der Waals surface area contributed by atoms with E-state index in [2.05, 4.69) is 20.9 Å². The molecule has 0 spiro atoms. The normalized spacial score (nSPS) is 13.2. The van der Waals surface area contributed by atoms with Crippen molar-refractivity contribution in [1.82, 2.24) is 0 Å². The SMILES string of the molecule is CCOC(=O)C(C=N[C@H](CO)C(C)C)C(=O)c1cc(OCc2ccc(F)cc2)ccc1Br. The van der Waals surface area contributed by atoms with Crippen molar-refractivity contribution in [1.29, 1.82) is 0 Å². The summed E-state index contributed by atoms with van der Waals surface area (Å²) in [4.78, 5) is 30.0. The third-order valence-electron chi connectivity index (χ3n) is 4.73. The van der Waals surface area contributed by atoms with Gasteiger partial charge in [0.05, 0.1) is 19.3 Å². The van der Waals surface area contributed by atoms with Crippen LogP contribution < -0.4 is 4.74 Å². The molecule has 172 valence electrons. The molecule has 0 amide bonds. The third-order valence-corrected chi connectivity index (χ3v) is 5.42. The van der Waals surface area contributed by atoms with Crippen molar-refractivity contribution in [2.75, 3.05) is 13.2 Å². The number of benzene rings is 2. The Bertz CT molecular complexity index is 946. The number of rotatable bonds is 11. The van der Waals surface area contributed by atoms with Gasteiger partial charge in [0.25, 0.3) is 0 Å². The number of hydrogen-bond donors (Lipinski definition) is 1. The first-order valence-electron chi connectivity index (χ1n) is 10.3. The van der Waals surface area contributed by atoms with Gasteiger partial charge in [-0.15, -0.1) is 0 Å². The van der Waals surface area contributed by atoms with Gasteiger partial charge in [0, 0.05) is 16.3 Å². The van der Waals surface area contributed by atoms with E-state index in [0.717, 1.165) is 5.56 Å². The lowest BCUT2D eigenvalue weighted by atomic mass is 9.98. The first-order chi connectivity index (χ1) is 15.3. The fraction of sp³-hybridized carbons (Fsp3) is 0.375. The van der Waals surface area contributed by atoms with E-state index in [0.29, 0.717) is 10.2 Å². The molecule has 32 heavy (non-hydrogen) atoms. The minimum absolute atomic E-state index is 0.0316. The van der Waals surface area contributed by atoms with Crippen LogP contribution in [0, 0.1) is 17.7 Å². The lowest BCUT2D eigenvalue weighted by Gasteiger charge is -2.16. The molecule has 6 nitrogen and oxygen atoms in total. The van der Waals surface area contributed by atoms with Crippen LogP contribution >= 0.6 is 15.9 Å². The summed E-state index contributed by atoms with van der Waals surface area (Å²) in [5, 5.41) is 9.50. The number of aliphatic hydroxyl groups is 1. The van der Waals surface area contributed by atoms with Crippen LogP contribution in [0.25, 0.3) is 0 Å². The quantitative estimate of drug-likeness (QED) is 0.207. The molecule has 0 fully saturated rings. The zero-order chi connectivity index (χ0) is 23.7. The molecule has 0 saturated heterocycles. The highest BCUT2D eigenvalue weighted by Crippen LogP contribution is 2.26. The van der Waals surface area contributed by atoms with Crippen molar-refractivity contribution in [3.05, 3.63) is 63.9 Å². The lowest BCUT2D eigenvalue weighted by molar-refractivity contribution is -0.144. The fourth-order valence-corrected chi connectivity index (χ4v) is 3.23. The Hall–Kier alpha value is -2.58. The molecular weight excluding hydrogens is 481 g/mol. The molecule has 0 bridgehead atoms. The average Bonchev–Trinajstić information content (AvgIpc) is 2.76. The molecule has 8 heteroatoms. The Balaban J connectivity index is 2.27. The third kappa shape index (κ3) is 7.24. The highest BCUT2D eigenvalue weighted by atomic mass is 79.9. The number of carbonyl (C=O) groups is 2. The summed E-state index contributed by atoms with van der Waals surface area (Å²) in [5.74, 6) is -2.37. The fourth-order valence-electron chi connectivity index (χ4n) is 2.79. The predicted molar refractivity (Wildman–Crippen MR) is 124 cm³/mol. The molecule has 0 saturated carbocycles. The zero-order valence-corrected chi connectivity index (χ0v) is 19.8. The Labute approximate surface area is 195 Å². The second-order valence-corrected chi connectivity index (χ2v) is 8.30. The first-order valence-corrected chi connectivity index (χ1v) is 11.1. The summed E-state index contributed by atoms with van der Waals surface area (Å²) in [6, 6.07) is 10.3. The topological polar surface area (TPSA) is 85.2 Å². The molecule has 0 aliphatic heterocycles. The summed E-state index contributed by atoms with van der Waals surface area (Å²) < 4.78 is 24.4. The first kappa shape index (κ1) is 25.7. The number of halogens is 2. The van der Waals surface area contributed by atoms with E-state index in [9.17, 15) is 19.1 Å². The maximum absolute atomic E-state index is 13.2. The number of ketones is 1. The van der Waals surface area contributed by atoms with E-state index < -0.39 is 23.7 Å². The number of nitrogens with zero attached hydrogens (tertiary/aromatic N) is 1. The minimum atomic E-state index is -1.26. The van der Waals surface area contributed by atoms with Crippen LogP contribution in [0.15, 0.2) is 51.9 Å². The summed E-state index contributed by atoms with van der Waals surface area (Å²) in [7, 11) is 0. The van der Waals surface area contributed by atoms with Gasteiger partial charge in [-0.2, -0.15) is 0 Å². The summed E-state index contributed by atoms with van der Waals surface area (Å²) in [6.45, 7) is 5.53. The second kappa shape index (κ2) is 12.5. The van der Waals surface area contributed by atoms with Crippen molar-refractivity contribution in [3.8, 4) is 5.75 Å². The van der Waals surface area contributed by atoms with Crippen LogP contribution in [0.2, 0.25) is 0 Å². The smallest absolute Gasteiger partial charge is 0.322 e. The molecule has 0 radical (unpaired) electrons. The van der Waals surface area contributed by atoms with E-state index in [1.165, 1.54) is 24.4 Å². The van der Waals surface area contributed by atoms with Gasteiger partial charge >= 0.3 is 5.97 Å². The monoisotopic (exact) mass is 507 g/mol. The van der Waals surface area contributed by atoms with E-state index in [-0.39, 0.29) is 37.1 Å². The maximum Gasteiger partial charge on any atom is 0.322 e. The number of aliphatic imine (C=N–C) groups is 1. The summed E-state index contributed by atoms with van der Waals surface area (Å²) in [6.07, 6.45) is 1.25. The highest BCUT2D eigenvalue weighted by Gasteiger charge is 2.29. The maximum atomic E-state index is 13.2. The lowest BCUT2D eigenvalue weighted by Crippen LogP contribution is -2.29. The summed E-state index contributed by atoms with van der Waals surface area (Å²) >= 11 is 3.35. The van der Waals surface area contributed by atoms with Crippen LogP contribution in [0.3, 0.4) is 0 Å². The molecule has 2 aromatic rings. The van der Waals surface area contributed by atoms with Crippen molar-refractivity contribution >= 4 is 33.9 Å². The number of aliphatic hydroxyl groups excluding tert-OH is 1. The Morgan fingerprint density at radius 2 is 1.88 bits per heavy atom. The van der Waals surface area contributed by atoms with Gasteiger partial charge in [0.15, 0.2) is 11.7 Å². The van der Waals surface area contributed by atoms with Crippen molar-refractivity contribution < 1.29 is 28.6 Å². The highest BCUT2D eigenvalue weighted by molar-refractivity contribution is 9.10. The number of esters is 1. The van der Waals surface area contributed by atoms with Crippen molar-refractivity contribution in [2.24, 2.45) is 16.8 Å². The molecule has 0 aromatic heterocycles. The summed E-state index contributed by atoms with van der Waals surface area (Å²) in [5.41, 5.74) is 0.999. The molecule has 2 rings (SSSR count). The van der Waals surface area contributed by atoms with E-state index in [1.54, 1.807) is 31.2 Å². The number of Topliss-reactive ketones (excluding diaryl/α,β-unsaturated/α-hetero) is 1. The minimum Gasteiger partial charge on any atom is -0.489 e. The Morgan fingerprint density at radius 1 is 1.19 bits per heavy atom.